The average molecular weight is 180 g/mol. The maximum absolute atomic E-state index is 5.94. The van der Waals surface area contributed by atoms with Crippen LogP contribution in [-0.2, 0) is 4.74 Å². The third-order valence-electron chi connectivity index (χ3n) is 3.89. The quantitative estimate of drug-likeness (QED) is 0.476. The van der Waals surface area contributed by atoms with Gasteiger partial charge in [-0.3, -0.25) is 0 Å². The van der Waals surface area contributed by atoms with Crippen molar-refractivity contribution in [2.24, 2.45) is 11.3 Å². The van der Waals surface area contributed by atoms with Crippen LogP contribution < -0.4 is 0 Å². The number of hydrogen-bond acceptors (Lipinski definition) is 1. The van der Waals surface area contributed by atoms with Crippen LogP contribution in [0.1, 0.15) is 33.6 Å². The summed E-state index contributed by atoms with van der Waals surface area (Å²) < 4.78 is 5.94. The van der Waals surface area contributed by atoms with Crippen LogP contribution in [0.15, 0.2) is 12.7 Å². The van der Waals surface area contributed by atoms with Crippen molar-refractivity contribution in [2.75, 3.05) is 0 Å². The molecule has 1 fully saturated rings. The molecule has 1 rings (SSSR count). The summed E-state index contributed by atoms with van der Waals surface area (Å²) in [6.07, 6.45) is 4.65. The molecule has 1 saturated heterocycles. The first-order chi connectivity index (χ1) is 6.06. The molecule has 1 heterocycles. The van der Waals surface area contributed by atoms with Crippen LogP contribution in [0.3, 0.4) is 0 Å². The molecule has 74 valence electrons. The minimum atomic E-state index is 0.294. The van der Waals surface area contributed by atoms with Gasteiger partial charge < -0.3 is 4.74 Å². The largest absolute Gasteiger partial charge is 0.383 e. The first-order valence-corrected chi connectivity index (χ1v) is 5.32. The van der Waals surface area contributed by atoms with Crippen LogP contribution in [0.5, 0.6) is 0 Å². The van der Waals surface area contributed by atoms with E-state index >= 15 is 0 Å². The number of hydrogen-bond donors (Lipinski definition) is 0. The Bertz CT molecular complexity index is 193. The highest BCUT2D eigenvalue weighted by Crippen LogP contribution is 2.45. The topological polar surface area (TPSA) is 9.23 Å². The van der Waals surface area contributed by atoms with E-state index in [1.807, 2.05) is 6.08 Å². The highest BCUT2D eigenvalue weighted by Gasteiger charge is 2.46. The molecule has 1 aliphatic heterocycles. The summed E-state index contributed by atoms with van der Waals surface area (Å²) in [7, 11) is 2.19. The van der Waals surface area contributed by atoms with Crippen molar-refractivity contribution in [1.29, 1.82) is 0 Å². The molecule has 0 aromatic heterocycles. The monoisotopic (exact) mass is 180 g/mol. The number of ether oxygens (including phenoxy) is 1. The summed E-state index contributed by atoms with van der Waals surface area (Å²) in [5.74, 6) is 0.644. The van der Waals surface area contributed by atoms with Crippen LogP contribution in [0.4, 0.5) is 0 Å². The Morgan fingerprint density at radius 3 is 2.62 bits per heavy atom. The van der Waals surface area contributed by atoms with Gasteiger partial charge in [-0.2, -0.15) is 0 Å². The Kier molecular flexibility index (Phi) is 3.23. The molecule has 0 amide bonds. The molecule has 0 radical (unpaired) electrons. The fourth-order valence-corrected chi connectivity index (χ4v) is 2.44. The van der Waals surface area contributed by atoms with Crippen molar-refractivity contribution in [3.05, 3.63) is 12.7 Å². The van der Waals surface area contributed by atoms with Gasteiger partial charge in [0.05, 0.1) is 6.10 Å². The van der Waals surface area contributed by atoms with E-state index in [2.05, 4.69) is 35.2 Å². The molecule has 2 heteroatoms. The van der Waals surface area contributed by atoms with Crippen LogP contribution >= 0.6 is 0 Å². The first-order valence-electron chi connectivity index (χ1n) is 5.32. The molecule has 13 heavy (non-hydrogen) atoms. The molecule has 0 spiro atoms. The predicted octanol–water partition coefficient (Wildman–Crippen LogP) is 1.97. The molecule has 0 aliphatic carbocycles. The van der Waals surface area contributed by atoms with Crippen molar-refractivity contribution in [1.82, 2.24) is 0 Å². The van der Waals surface area contributed by atoms with Crippen molar-refractivity contribution < 1.29 is 4.74 Å². The fourth-order valence-electron chi connectivity index (χ4n) is 2.44. The third kappa shape index (κ3) is 1.69. The van der Waals surface area contributed by atoms with E-state index in [1.54, 1.807) is 0 Å². The van der Waals surface area contributed by atoms with Gasteiger partial charge in [0.1, 0.15) is 7.85 Å². The van der Waals surface area contributed by atoms with Crippen molar-refractivity contribution in [2.45, 2.75) is 45.7 Å². The van der Waals surface area contributed by atoms with E-state index in [1.165, 1.54) is 0 Å². The van der Waals surface area contributed by atoms with Crippen LogP contribution in [-0.4, -0.2) is 20.0 Å². The lowest BCUT2D eigenvalue weighted by Crippen LogP contribution is -2.32. The third-order valence-corrected chi connectivity index (χ3v) is 3.89. The number of allylic oxidation sites excluding steroid dienone is 1. The standard InChI is InChI=1S/C11H21BO/c1-5-7-11(4)8(3)9(6-2)13-10(11)12/h5,8-10H,1,6-7,12H2,2-4H3/t8-,9?,10?,11+/m1/s1. The predicted molar refractivity (Wildman–Crippen MR) is 59.6 cm³/mol. The van der Waals surface area contributed by atoms with Gasteiger partial charge in [-0.25, -0.2) is 0 Å². The second kappa shape index (κ2) is 3.87. The lowest BCUT2D eigenvalue weighted by molar-refractivity contribution is 0.0632. The average Bonchev–Trinajstić information content (AvgIpc) is 2.31. The van der Waals surface area contributed by atoms with E-state index in [4.69, 9.17) is 4.74 Å². The maximum Gasteiger partial charge on any atom is 0.139 e. The minimum absolute atomic E-state index is 0.294. The van der Waals surface area contributed by atoms with E-state index in [0.717, 1.165) is 12.8 Å². The normalized spacial score (nSPS) is 45.0. The fraction of sp³-hybridized carbons (Fsp3) is 0.818. The molecule has 1 aliphatic rings. The van der Waals surface area contributed by atoms with E-state index in [0.29, 0.717) is 23.4 Å². The van der Waals surface area contributed by atoms with Gasteiger partial charge in [-0.1, -0.05) is 26.8 Å². The second-order valence-corrected chi connectivity index (χ2v) is 4.51. The second-order valence-electron chi connectivity index (χ2n) is 4.51. The Labute approximate surface area is 83.0 Å². The van der Waals surface area contributed by atoms with Gasteiger partial charge in [-0.15, -0.1) is 6.58 Å². The van der Waals surface area contributed by atoms with Crippen molar-refractivity contribution >= 4 is 7.85 Å². The van der Waals surface area contributed by atoms with Gasteiger partial charge >= 0.3 is 0 Å². The number of rotatable bonds is 3. The van der Waals surface area contributed by atoms with E-state index in [-0.39, 0.29) is 0 Å². The molecule has 2 unspecified atom stereocenters. The maximum atomic E-state index is 5.94. The van der Waals surface area contributed by atoms with Gasteiger partial charge in [0.25, 0.3) is 0 Å². The van der Waals surface area contributed by atoms with Crippen LogP contribution in [0.25, 0.3) is 0 Å². The van der Waals surface area contributed by atoms with E-state index in [9.17, 15) is 0 Å². The molecule has 0 aromatic carbocycles. The Morgan fingerprint density at radius 1 is 1.62 bits per heavy atom. The zero-order chi connectivity index (χ0) is 10.1. The smallest absolute Gasteiger partial charge is 0.139 e. The summed E-state index contributed by atoms with van der Waals surface area (Å²) in [5, 5.41) is 0. The minimum Gasteiger partial charge on any atom is -0.383 e. The molecular weight excluding hydrogens is 159 g/mol. The molecule has 0 bridgehead atoms. The highest BCUT2D eigenvalue weighted by atomic mass is 16.5. The molecule has 0 aromatic rings. The molecule has 0 N–H and O–H groups in total. The van der Waals surface area contributed by atoms with Gasteiger partial charge in [0, 0.05) is 6.00 Å². The Balaban J connectivity index is 2.78. The van der Waals surface area contributed by atoms with Gasteiger partial charge in [0.15, 0.2) is 0 Å². The molecular formula is C11H21BO. The summed E-state index contributed by atoms with van der Waals surface area (Å²) in [5.41, 5.74) is 0.294. The molecule has 1 nitrogen and oxygen atoms in total. The summed E-state index contributed by atoms with van der Waals surface area (Å²) in [4.78, 5) is 0. The molecule has 4 atom stereocenters. The van der Waals surface area contributed by atoms with Crippen LogP contribution in [0, 0.1) is 11.3 Å². The lowest BCUT2D eigenvalue weighted by Gasteiger charge is -2.31. The Hall–Kier alpha value is -0.235. The summed E-state index contributed by atoms with van der Waals surface area (Å²) in [6.45, 7) is 10.7. The first kappa shape index (κ1) is 10.8. The van der Waals surface area contributed by atoms with Gasteiger partial charge in [-0.05, 0) is 24.2 Å². The van der Waals surface area contributed by atoms with E-state index < -0.39 is 0 Å². The van der Waals surface area contributed by atoms with Crippen molar-refractivity contribution in [3.63, 3.8) is 0 Å². The SMILES string of the molecule is BC1OC(CC)[C@@H](C)[C@]1(C)CC=C. The highest BCUT2D eigenvalue weighted by molar-refractivity contribution is 6.11. The summed E-state index contributed by atoms with van der Waals surface area (Å²) >= 11 is 0. The van der Waals surface area contributed by atoms with Crippen molar-refractivity contribution in [3.8, 4) is 0 Å². The zero-order valence-electron chi connectivity index (χ0n) is 9.34. The van der Waals surface area contributed by atoms with Crippen LogP contribution in [0.2, 0.25) is 0 Å². The lowest BCUT2D eigenvalue weighted by atomic mass is 9.65. The Morgan fingerprint density at radius 2 is 2.23 bits per heavy atom. The summed E-state index contributed by atoms with van der Waals surface area (Å²) in [6, 6.07) is 0.366. The van der Waals surface area contributed by atoms with Gasteiger partial charge in [0.2, 0.25) is 0 Å². The zero-order valence-corrected chi connectivity index (χ0v) is 9.34. The molecule has 0 saturated carbocycles.